The average Bonchev–Trinajstić information content (AvgIpc) is 2.39. The van der Waals surface area contributed by atoms with Crippen molar-refractivity contribution in [1.82, 2.24) is 5.32 Å². The highest BCUT2D eigenvalue weighted by molar-refractivity contribution is 9.10. The van der Waals surface area contributed by atoms with Gasteiger partial charge in [-0.1, -0.05) is 53.0 Å². The van der Waals surface area contributed by atoms with Crippen LogP contribution < -0.4 is 10.6 Å². The third-order valence-corrected chi connectivity index (χ3v) is 4.15. The van der Waals surface area contributed by atoms with Gasteiger partial charge in [0.2, 0.25) is 5.91 Å². The highest BCUT2D eigenvalue weighted by Crippen LogP contribution is 2.34. The van der Waals surface area contributed by atoms with E-state index < -0.39 is 6.04 Å². The number of halogens is 3. The molecule has 112 valence electrons. The van der Waals surface area contributed by atoms with Gasteiger partial charge in [0.05, 0.1) is 15.7 Å². The first-order valence-electron chi connectivity index (χ1n) is 6.60. The predicted molar refractivity (Wildman–Crippen MR) is 89.8 cm³/mol. The summed E-state index contributed by atoms with van der Waals surface area (Å²) in [5.41, 5.74) is 0.573. The van der Waals surface area contributed by atoms with E-state index in [1.54, 1.807) is 19.1 Å². The fourth-order valence-electron chi connectivity index (χ4n) is 1.78. The Morgan fingerprint density at radius 3 is 2.20 bits per heavy atom. The summed E-state index contributed by atoms with van der Waals surface area (Å²) in [5.74, 6) is -0.0613. The van der Waals surface area contributed by atoms with Crippen LogP contribution in [-0.2, 0) is 4.79 Å². The number of carbonyl (C=O) groups excluding carboxylic acids is 1. The fraction of sp³-hybridized carbons (Fsp3) is 0.500. The van der Waals surface area contributed by atoms with Crippen molar-refractivity contribution in [2.45, 2.75) is 45.7 Å². The summed E-state index contributed by atoms with van der Waals surface area (Å²) in [4.78, 5) is 12.1. The maximum atomic E-state index is 12.1. The standard InChI is InChI=1S/C14H19BrCl2N2O/c1-4-10(5-2)19-14(20)8(3)18-13-11(16)6-9(15)7-12(13)17/h6-8,10,18H,4-5H2,1-3H3,(H,19,20). The lowest BCUT2D eigenvalue weighted by Gasteiger charge is -2.21. The van der Waals surface area contributed by atoms with E-state index in [-0.39, 0.29) is 11.9 Å². The van der Waals surface area contributed by atoms with E-state index in [4.69, 9.17) is 23.2 Å². The molecule has 0 aliphatic rings. The van der Waals surface area contributed by atoms with Crippen LogP contribution in [0.25, 0.3) is 0 Å². The zero-order chi connectivity index (χ0) is 15.3. The first-order valence-corrected chi connectivity index (χ1v) is 8.15. The lowest BCUT2D eigenvalue weighted by Crippen LogP contribution is -2.42. The molecule has 0 bridgehead atoms. The second-order valence-electron chi connectivity index (χ2n) is 4.63. The molecule has 1 unspecified atom stereocenters. The van der Waals surface area contributed by atoms with Crippen LogP contribution in [0.5, 0.6) is 0 Å². The molecule has 0 aromatic heterocycles. The third kappa shape index (κ3) is 4.83. The minimum Gasteiger partial charge on any atom is -0.371 e. The van der Waals surface area contributed by atoms with Gasteiger partial charge >= 0.3 is 0 Å². The van der Waals surface area contributed by atoms with Crippen molar-refractivity contribution in [3.8, 4) is 0 Å². The van der Waals surface area contributed by atoms with E-state index in [0.717, 1.165) is 17.3 Å². The van der Waals surface area contributed by atoms with Crippen LogP contribution in [0.3, 0.4) is 0 Å². The Labute approximate surface area is 138 Å². The molecule has 1 aromatic carbocycles. The topological polar surface area (TPSA) is 41.1 Å². The smallest absolute Gasteiger partial charge is 0.242 e. The summed E-state index contributed by atoms with van der Waals surface area (Å²) >= 11 is 15.6. The Morgan fingerprint density at radius 2 is 1.75 bits per heavy atom. The number of rotatable bonds is 6. The van der Waals surface area contributed by atoms with Crippen molar-refractivity contribution in [3.05, 3.63) is 26.7 Å². The number of carbonyl (C=O) groups is 1. The van der Waals surface area contributed by atoms with E-state index in [2.05, 4.69) is 40.4 Å². The molecular weight excluding hydrogens is 363 g/mol. The zero-order valence-electron chi connectivity index (χ0n) is 11.8. The van der Waals surface area contributed by atoms with Gasteiger partial charge in [0.1, 0.15) is 6.04 Å². The average molecular weight is 382 g/mol. The SMILES string of the molecule is CCC(CC)NC(=O)C(C)Nc1c(Cl)cc(Br)cc1Cl. The van der Waals surface area contributed by atoms with Gasteiger partial charge in [-0.25, -0.2) is 0 Å². The largest absolute Gasteiger partial charge is 0.371 e. The number of hydrogen-bond donors (Lipinski definition) is 2. The fourth-order valence-corrected chi connectivity index (χ4v) is 3.10. The Hall–Kier alpha value is -0.450. The van der Waals surface area contributed by atoms with Crippen molar-refractivity contribution >= 4 is 50.7 Å². The summed E-state index contributed by atoms with van der Waals surface area (Å²) in [6.45, 7) is 5.89. The number of amides is 1. The molecule has 0 aliphatic heterocycles. The second kappa shape index (κ2) is 8.11. The maximum absolute atomic E-state index is 12.1. The molecular formula is C14H19BrCl2N2O. The molecule has 20 heavy (non-hydrogen) atoms. The van der Waals surface area contributed by atoms with Gasteiger partial charge in [0.25, 0.3) is 0 Å². The quantitative estimate of drug-likeness (QED) is 0.738. The van der Waals surface area contributed by atoms with Gasteiger partial charge in [-0.15, -0.1) is 0 Å². The van der Waals surface area contributed by atoms with E-state index in [1.165, 1.54) is 0 Å². The molecule has 2 N–H and O–H groups in total. The lowest BCUT2D eigenvalue weighted by atomic mass is 10.1. The molecule has 1 rings (SSSR count). The second-order valence-corrected chi connectivity index (χ2v) is 6.36. The van der Waals surface area contributed by atoms with Crippen LogP contribution in [0.15, 0.2) is 16.6 Å². The normalized spacial score (nSPS) is 12.3. The summed E-state index contributed by atoms with van der Waals surface area (Å²) in [6, 6.07) is 3.26. The van der Waals surface area contributed by atoms with Crippen molar-refractivity contribution in [3.63, 3.8) is 0 Å². The van der Waals surface area contributed by atoms with E-state index in [9.17, 15) is 4.79 Å². The molecule has 1 atom stereocenters. The van der Waals surface area contributed by atoms with Crippen LogP contribution in [0.2, 0.25) is 10.0 Å². The van der Waals surface area contributed by atoms with Crippen molar-refractivity contribution < 1.29 is 4.79 Å². The number of nitrogens with one attached hydrogen (secondary N) is 2. The van der Waals surface area contributed by atoms with Crippen LogP contribution in [0.4, 0.5) is 5.69 Å². The summed E-state index contributed by atoms with van der Waals surface area (Å²) < 4.78 is 0.798. The van der Waals surface area contributed by atoms with Crippen LogP contribution >= 0.6 is 39.1 Å². The monoisotopic (exact) mass is 380 g/mol. The summed E-state index contributed by atoms with van der Waals surface area (Å²) in [5, 5.41) is 7.01. The Morgan fingerprint density at radius 1 is 1.25 bits per heavy atom. The van der Waals surface area contributed by atoms with Crippen LogP contribution in [-0.4, -0.2) is 18.0 Å². The predicted octanol–water partition coefficient (Wildman–Crippen LogP) is 4.86. The molecule has 0 spiro atoms. The molecule has 1 amide bonds. The zero-order valence-corrected chi connectivity index (χ0v) is 14.9. The minimum atomic E-state index is -0.410. The molecule has 0 aliphatic carbocycles. The van der Waals surface area contributed by atoms with Gasteiger partial charge < -0.3 is 10.6 Å². The molecule has 0 heterocycles. The van der Waals surface area contributed by atoms with Gasteiger partial charge in [-0.05, 0) is 31.9 Å². The Bertz CT molecular complexity index is 455. The number of anilines is 1. The lowest BCUT2D eigenvalue weighted by molar-refractivity contribution is -0.122. The van der Waals surface area contributed by atoms with Gasteiger partial charge in [0, 0.05) is 10.5 Å². The van der Waals surface area contributed by atoms with Gasteiger partial charge in [-0.2, -0.15) is 0 Å². The van der Waals surface area contributed by atoms with Crippen molar-refractivity contribution in [1.29, 1.82) is 0 Å². The van der Waals surface area contributed by atoms with Gasteiger partial charge in [-0.3, -0.25) is 4.79 Å². The summed E-state index contributed by atoms with van der Waals surface area (Å²) in [7, 11) is 0. The van der Waals surface area contributed by atoms with E-state index in [1.807, 2.05) is 0 Å². The molecule has 6 heteroatoms. The first-order chi connectivity index (χ1) is 9.38. The molecule has 0 radical (unpaired) electrons. The van der Waals surface area contributed by atoms with E-state index >= 15 is 0 Å². The third-order valence-electron chi connectivity index (χ3n) is 3.09. The minimum absolute atomic E-state index is 0.0613. The Balaban J connectivity index is 2.76. The highest BCUT2D eigenvalue weighted by atomic mass is 79.9. The first kappa shape index (κ1) is 17.6. The Kier molecular flexibility index (Phi) is 7.13. The molecule has 3 nitrogen and oxygen atoms in total. The van der Waals surface area contributed by atoms with Crippen molar-refractivity contribution in [2.24, 2.45) is 0 Å². The molecule has 1 aromatic rings. The van der Waals surface area contributed by atoms with E-state index in [0.29, 0.717) is 15.7 Å². The van der Waals surface area contributed by atoms with Crippen LogP contribution in [0, 0.1) is 0 Å². The van der Waals surface area contributed by atoms with Crippen LogP contribution in [0.1, 0.15) is 33.6 Å². The molecule has 0 saturated carbocycles. The number of hydrogen-bond acceptors (Lipinski definition) is 2. The van der Waals surface area contributed by atoms with Crippen molar-refractivity contribution in [2.75, 3.05) is 5.32 Å². The molecule has 0 saturated heterocycles. The highest BCUT2D eigenvalue weighted by Gasteiger charge is 2.18. The van der Waals surface area contributed by atoms with Gasteiger partial charge in [0.15, 0.2) is 0 Å². The summed E-state index contributed by atoms with van der Waals surface area (Å²) in [6.07, 6.45) is 1.82. The molecule has 0 fully saturated rings. The number of benzene rings is 1. The maximum Gasteiger partial charge on any atom is 0.242 e.